The SMILES string of the molecule is C1=C(C2N=C(c3ccc(-c4ccccc4)cc3)NC(c3ccccc3)N2)C=C(n2c3cc(-c4ccccc4)ccc3c3c4ccccc4ccc32)NC1. The Bertz CT molecular complexity index is 2710. The van der Waals surface area contributed by atoms with Gasteiger partial charge in [0, 0.05) is 22.9 Å². The molecule has 10 rings (SSSR count). The number of hydrogen-bond donors (Lipinski definition) is 3. The monoisotopic (exact) mass is 683 g/mol. The van der Waals surface area contributed by atoms with E-state index < -0.39 is 0 Å². The molecule has 0 aliphatic carbocycles. The van der Waals surface area contributed by atoms with E-state index in [0.29, 0.717) is 6.54 Å². The van der Waals surface area contributed by atoms with E-state index in [1.165, 1.54) is 54.8 Å². The Morgan fingerprint density at radius 1 is 0.547 bits per heavy atom. The van der Waals surface area contributed by atoms with Gasteiger partial charge in [0.2, 0.25) is 0 Å². The molecule has 2 aliphatic heterocycles. The van der Waals surface area contributed by atoms with Gasteiger partial charge in [0.05, 0.1) is 11.0 Å². The van der Waals surface area contributed by atoms with Crippen LogP contribution in [0.15, 0.2) is 193 Å². The van der Waals surface area contributed by atoms with Crippen molar-refractivity contribution in [2.45, 2.75) is 12.3 Å². The Hall–Kier alpha value is -6.69. The lowest BCUT2D eigenvalue weighted by Gasteiger charge is -2.33. The zero-order chi connectivity index (χ0) is 35.1. The molecule has 0 fully saturated rings. The number of nitrogens with one attached hydrogen (secondary N) is 3. The first kappa shape index (κ1) is 31.1. The Kier molecular flexibility index (Phi) is 7.70. The predicted octanol–water partition coefficient (Wildman–Crippen LogP) is 10.3. The van der Waals surface area contributed by atoms with Gasteiger partial charge in [-0.05, 0) is 62.4 Å². The topological polar surface area (TPSA) is 53.4 Å². The van der Waals surface area contributed by atoms with E-state index in [2.05, 4.69) is 203 Å². The Balaban J connectivity index is 1.09. The zero-order valence-electron chi connectivity index (χ0n) is 29.1. The second kappa shape index (κ2) is 13.1. The van der Waals surface area contributed by atoms with E-state index in [0.717, 1.165) is 28.4 Å². The first-order valence-corrected chi connectivity index (χ1v) is 18.3. The summed E-state index contributed by atoms with van der Waals surface area (Å²) in [5, 5.41) is 16.3. The summed E-state index contributed by atoms with van der Waals surface area (Å²) in [6.07, 6.45) is 4.14. The van der Waals surface area contributed by atoms with Gasteiger partial charge in [-0.3, -0.25) is 9.88 Å². The van der Waals surface area contributed by atoms with Crippen LogP contribution >= 0.6 is 0 Å². The summed E-state index contributed by atoms with van der Waals surface area (Å²) in [5.74, 6) is 1.90. The summed E-state index contributed by atoms with van der Waals surface area (Å²) in [5.41, 5.74) is 10.4. The molecule has 7 aromatic carbocycles. The summed E-state index contributed by atoms with van der Waals surface area (Å²) >= 11 is 0. The predicted molar refractivity (Wildman–Crippen MR) is 220 cm³/mol. The molecule has 0 radical (unpaired) electrons. The molecule has 53 heavy (non-hydrogen) atoms. The first-order valence-electron chi connectivity index (χ1n) is 18.3. The molecule has 2 atom stereocenters. The van der Waals surface area contributed by atoms with E-state index in [-0.39, 0.29) is 12.3 Å². The van der Waals surface area contributed by atoms with Crippen molar-refractivity contribution < 1.29 is 0 Å². The minimum atomic E-state index is -0.267. The smallest absolute Gasteiger partial charge is 0.131 e. The number of benzene rings is 7. The number of amidine groups is 1. The van der Waals surface area contributed by atoms with Gasteiger partial charge in [0.15, 0.2) is 0 Å². The summed E-state index contributed by atoms with van der Waals surface area (Å²) in [6.45, 7) is 0.687. The quantitative estimate of drug-likeness (QED) is 0.164. The molecular weight excluding hydrogens is 647 g/mol. The normalized spacial score (nSPS) is 17.2. The number of dihydropyridines is 1. The van der Waals surface area contributed by atoms with Crippen LogP contribution in [0.25, 0.3) is 60.7 Å². The maximum Gasteiger partial charge on any atom is 0.131 e. The average Bonchev–Trinajstić information content (AvgIpc) is 3.59. The van der Waals surface area contributed by atoms with Crippen molar-refractivity contribution in [2.24, 2.45) is 4.99 Å². The summed E-state index contributed by atoms with van der Waals surface area (Å²) in [4.78, 5) is 5.33. The minimum Gasteiger partial charge on any atom is -0.368 e. The maximum absolute atomic E-state index is 5.33. The Morgan fingerprint density at radius 3 is 1.96 bits per heavy atom. The third-order valence-electron chi connectivity index (χ3n) is 10.5. The third-order valence-corrected chi connectivity index (χ3v) is 10.5. The molecule has 5 nitrogen and oxygen atoms in total. The van der Waals surface area contributed by atoms with Crippen LogP contribution in [-0.4, -0.2) is 23.1 Å². The Labute approximate surface area is 308 Å². The van der Waals surface area contributed by atoms with Gasteiger partial charge in [0.25, 0.3) is 0 Å². The maximum atomic E-state index is 5.33. The van der Waals surface area contributed by atoms with Crippen molar-refractivity contribution in [1.82, 2.24) is 20.5 Å². The van der Waals surface area contributed by atoms with Crippen molar-refractivity contribution in [3.63, 3.8) is 0 Å². The number of hydrogen-bond acceptors (Lipinski definition) is 4. The van der Waals surface area contributed by atoms with Crippen LogP contribution < -0.4 is 16.0 Å². The minimum absolute atomic E-state index is 0.122. The molecule has 0 saturated heterocycles. The molecule has 0 spiro atoms. The highest BCUT2D eigenvalue weighted by Crippen LogP contribution is 2.39. The molecule has 0 bridgehead atoms. The van der Waals surface area contributed by atoms with Gasteiger partial charge in [-0.25, -0.2) is 4.99 Å². The number of fused-ring (bicyclic) bond motifs is 5. The van der Waals surface area contributed by atoms with Crippen LogP contribution in [0.3, 0.4) is 0 Å². The van der Waals surface area contributed by atoms with Crippen LogP contribution in [0.5, 0.6) is 0 Å². The largest absolute Gasteiger partial charge is 0.368 e. The fourth-order valence-corrected chi connectivity index (χ4v) is 7.88. The van der Waals surface area contributed by atoms with Crippen LogP contribution in [0.4, 0.5) is 0 Å². The number of aliphatic imine (C=N–C) groups is 1. The van der Waals surface area contributed by atoms with Crippen molar-refractivity contribution in [1.29, 1.82) is 0 Å². The lowest BCUT2D eigenvalue weighted by Crippen LogP contribution is -2.49. The molecule has 0 saturated carbocycles. The summed E-state index contributed by atoms with van der Waals surface area (Å²) < 4.78 is 2.40. The highest BCUT2D eigenvalue weighted by molar-refractivity contribution is 6.22. The molecular formula is C48H37N5. The van der Waals surface area contributed by atoms with E-state index in [1.54, 1.807) is 0 Å². The second-order valence-electron chi connectivity index (χ2n) is 13.7. The van der Waals surface area contributed by atoms with E-state index in [4.69, 9.17) is 4.99 Å². The van der Waals surface area contributed by atoms with Crippen LogP contribution in [0.2, 0.25) is 0 Å². The molecule has 3 N–H and O–H groups in total. The molecule has 5 heteroatoms. The number of aromatic nitrogens is 1. The third kappa shape index (κ3) is 5.68. The van der Waals surface area contributed by atoms with Crippen molar-refractivity contribution in [3.05, 3.63) is 199 Å². The molecule has 2 unspecified atom stereocenters. The van der Waals surface area contributed by atoms with Crippen LogP contribution in [0, 0.1) is 0 Å². The fourth-order valence-electron chi connectivity index (χ4n) is 7.88. The molecule has 0 amide bonds. The fraction of sp³-hybridized carbons (Fsp3) is 0.0625. The molecule has 2 aliphatic rings. The number of rotatable bonds is 6. The Morgan fingerprint density at radius 2 is 1.19 bits per heavy atom. The van der Waals surface area contributed by atoms with Crippen molar-refractivity contribution >= 4 is 44.2 Å². The highest BCUT2D eigenvalue weighted by Gasteiger charge is 2.28. The van der Waals surface area contributed by atoms with Gasteiger partial charge in [-0.15, -0.1) is 0 Å². The van der Waals surface area contributed by atoms with E-state index >= 15 is 0 Å². The van der Waals surface area contributed by atoms with Gasteiger partial charge >= 0.3 is 0 Å². The second-order valence-corrected chi connectivity index (χ2v) is 13.7. The van der Waals surface area contributed by atoms with Crippen LogP contribution in [-0.2, 0) is 0 Å². The molecule has 1 aromatic heterocycles. The summed E-state index contributed by atoms with van der Waals surface area (Å²) in [6, 6.07) is 60.5. The molecule has 254 valence electrons. The summed E-state index contributed by atoms with van der Waals surface area (Å²) in [7, 11) is 0. The van der Waals surface area contributed by atoms with Gasteiger partial charge in [0.1, 0.15) is 24.0 Å². The molecule has 3 heterocycles. The molecule has 8 aromatic rings. The van der Waals surface area contributed by atoms with Crippen molar-refractivity contribution in [2.75, 3.05) is 6.54 Å². The van der Waals surface area contributed by atoms with Crippen LogP contribution in [0.1, 0.15) is 17.3 Å². The highest BCUT2D eigenvalue weighted by atomic mass is 15.3. The zero-order valence-corrected chi connectivity index (χ0v) is 29.1. The van der Waals surface area contributed by atoms with E-state index in [9.17, 15) is 0 Å². The standard InChI is InChI=1S/C48H37N5/c1-4-12-32(13-5-1)34-20-22-37(23-21-34)47-50-46(36-17-8-3-9-18-36)51-48(52-47)39-28-29-49-44(31-39)53-42-27-25-35-16-10-11-19-40(35)45(42)41-26-24-38(30-43(41)53)33-14-6-2-7-15-33/h1-28,30-31,46,48-49,51H,29H2,(H,50,52). The first-order chi connectivity index (χ1) is 26.3. The van der Waals surface area contributed by atoms with Gasteiger partial charge in [-0.1, -0.05) is 164 Å². The lowest BCUT2D eigenvalue weighted by molar-refractivity contribution is 0.434. The van der Waals surface area contributed by atoms with E-state index in [1.807, 2.05) is 0 Å². The van der Waals surface area contributed by atoms with Gasteiger partial charge < -0.3 is 10.6 Å². The van der Waals surface area contributed by atoms with Gasteiger partial charge in [-0.2, -0.15) is 0 Å². The lowest BCUT2D eigenvalue weighted by atomic mass is 10.0. The number of nitrogens with zero attached hydrogens (tertiary/aromatic N) is 2. The average molecular weight is 684 g/mol. The van der Waals surface area contributed by atoms with Crippen molar-refractivity contribution in [3.8, 4) is 22.3 Å².